The van der Waals surface area contributed by atoms with Gasteiger partial charge in [-0.2, -0.15) is 0 Å². The van der Waals surface area contributed by atoms with Crippen molar-refractivity contribution in [2.45, 2.75) is 63.0 Å². The van der Waals surface area contributed by atoms with E-state index in [0.29, 0.717) is 6.54 Å². The molecular weight excluding hydrogens is 294 g/mol. The number of unbranched alkanes of at least 4 members (excludes halogenated alkanes) is 2. The Morgan fingerprint density at radius 3 is 2.50 bits per heavy atom. The first-order chi connectivity index (χ1) is 10.5. The Kier molecular flexibility index (Phi) is 9.37. The maximum atomic E-state index is 9.78. The Morgan fingerprint density at radius 2 is 1.86 bits per heavy atom. The molecular formula is C14H29NO7. The Bertz CT molecular complexity index is 292. The lowest BCUT2D eigenvalue weighted by molar-refractivity contribution is -0.304. The van der Waals surface area contributed by atoms with E-state index >= 15 is 0 Å². The Morgan fingerprint density at radius 1 is 1.14 bits per heavy atom. The largest absolute Gasteiger partial charge is 0.394 e. The van der Waals surface area contributed by atoms with Crippen LogP contribution in [0, 0.1) is 0 Å². The van der Waals surface area contributed by atoms with Gasteiger partial charge >= 0.3 is 0 Å². The summed E-state index contributed by atoms with van der Waals surface area (Å²) >= 11 is 0. The first kappa shape index (κ1) is 19.7. The Balaban J connectivity index is 2.27. The fourth-order valence-electron chi connectivity index (χ4n) is 2.24. The lowest BCUT2D eigenvalue weighted by atomic mass is 9.99. The SMILES string of the molecule is CCCCCNCC(O)CO[C@@H]1O[C@H](CO)[C@@H](O)[C@H](O)[C@@H]1O. The van der Waals surface area contributed by atoms with Gasteiger partial charge in [-0.05, 0) is 13.0 Å². The molecule has 1 fully saturated rings. The van der Waals surface area contributed by atoms with Crippen LogP contribution < -0.4 is 5.32 Å². The van der Waals surface area contributed by atoms with Gasteiger partial charge in [0.25, 0.3) is 0 Å². The summed E-state index contributed by atoms with van der Waals surface area (Å²) in [5.74, 6) is 0. The maximum Gasteiger partial charge on any atom is 0.186 e. The highest BCUT2D eigenvalue weighted by atomic mass is 16.7. The normalized spacial score (nSPS) is 33.8. The van der Waals surface area contributed by atoms with E-state index in [1.54, 1.807) is 0 Å². The highest BCUT2D eigenvalue weighted by Crippen LogP contribution is 2.21. The van der Waals surface area contributed by atoms with Crippen LogP contribution in [0.3, 0.4) is 0 Å². The van der Waals surface area contributed by atoms with Crippen molar-refractivity contribution in [2.75, 3.05) is 26.3 Å². The summed E-state index contributed by atoms with van der Waals surface area (Å²) in [6.45, 7) is 2.67. The van der Waals surface area contributed by atoms with Crippen LogP contribution in [-0.2, 0) is 9.47 Å². The van der Waals surface area contributed by atoms with Gasteiger partial charge in [0.05, 0.1) is 19.3 Å². The van der Waals surface area contributed by atoms with Crippen molar-refractivity contribution < 1.29 is 35.0 Å². The minimum absolute atomic E-state index is 0.0938. The molecule has 6 atom stereocenters. The van der Waals surface area contributed by atoms with Crippen LogP contribution in [0.5, 0.6) is 0 Å². The predicted molar refractivity (Wildman–Crippen MR) is 78.1 cm³/mol. The van der Waals surface area contributed by atoms with Gasteiger partial charge in [0.1, 0.15) is 24.4 Å². The van der Waals surface area contributed by atoms with E-state index in [4.69, 9.17) is 14.6 Å². The molecule has 0 aliphatic carbocycles. The molecule has 22 heavy (non-hydrogen) atoms. The molecule has 8 heteroatoms. The van der Waals surface area contributed by atoms with E-state index in [1.807, 2.05) is 0 Å². The third kappa shape index (κ3) is 6.05. The molecule has 1 heterocycles. The molecule has 1 unspecified atom stereocenters. The summed E-state index contributed by atoms with van der Waals surface area (Å²) in [5.41, 5.74) is 0. The fourth-order valence-corrected chi connectivity index (χ4v) is 2.24. The number of ether oxygens (including phenoxy) is 2. The van der Waals surface area contributed by atoms with Gasteiger partial charge in [-0.1, -0.05) is 19.8 Å². The molecule has 1 rings (SSSR count). The zero-order chi connectivity index (χ0) is 16.5. The smallest absolute Gasteiger partial charge is 0.186 e. The van der Waals surface area contributed by atoms with E-state index in [2.05, 4.69) is 12.2 Å². The Labute approximate surface area is 130 Å². The second-order valence-electron chi connectivity index (χ2n) is 5.60. The average Bonchev–Trinajstić information content (AvgIpc) is 2.52. The lowest BCUT2D eigenvalue weighted by Crippen LogP contribution is -2.59. The van der Waals surface area contributed by atoms with Crippen LogP contribution in [0.25, 0.3) is 0 Å². The van der Waals surface area contributed by atoms with E-state index in [0.717, 1.165) is 25.8 Å². The molecule has 1 aliphatic rings. The lowest BCUT2D eigenvalue weighted by Gasteiger charge is -2.39. The number of rotatable bonds is 10. The van der Waals surface area contributed by atoms with Crippen molar-refractivity contribution in [3.05, 3.63) is 0 Å². The van der Waals surface area contributed by atoms with Gasteiger partial charge < -0.3 is 40.3 Å². The zero-order valence-corrected chi connectivity index (χ0v) is 13.0. The van der Waals surface area contributed by atoms with Crippen LogP contribution in [-0.4, -0.2) is 88.6 Å². The van der Waals surface area contributed by atoms with Gasteiger partial charge in [-0.25, -0.2) is 0 Å². The van der Waals surface area contributed by atoms with Crippen LogP contribution in [0.15, 0.2) is 0 Å². The maximum absolute atomic E-state index is 9.78. The summed E-state index contributed by atoms with van der Waals surface area (Å²) in [6, 6.07) is 0. The minimum Gasteiger partial charge on any atom is -0.394 e. The van der Waals surface area contributed by atoms with Crippen molar-refractivity contribution in [2.24, 2.45) is 0 Å². The topological polar surface area (TPSA) is 132 Å². The summed E-state index contributed by atoms with van der Waals surface area (Å²) < 4.78 is 10.4. The first-order valence-corrected chi connectivity index (χ1v) is 7.82. The molecule has 0 saturated carbocycles. The van der Waals surface area contributed by atoms with Crippen molar-refractivity contribution in [1.29, 1.82) is 0 Å². The third-order valence-corrected chi connectivity index (χ3v) is 3.64. The molecule has 6 N–H and O–H groups in total. The average molecular weight is 323 g/mol. The molecule has 1 aliphatic heterocycles. The Hall–Kier alpha value is -0.320. The van der Waals surface area contributed by atoms with Crippen molar-refractivity contribution in [3.8, 4) is 0 Å². The molecule has 0 radical (unpaired) electrons. The van der Waals surface area contributed by atoms with Gasteiger partial charge in [-0.15, -0.1) is 0 Å². The molecule has 132 valence electrons. The quantitative estimate of drug-likeness (QED) is 0.253. The second kappa shape index (κ2) is 10.5. The van der Waals surface area contributed by atoms with Crippen LogP contribution in [0.1, 0.15) is 26.2 Å². The molecule has 0 aromatic carbocycles. The minimum atomic E-state index is -1.47. The monoisotopic (exact) mass is 323 g/mol. The van der Waals surface area contributed by atoms with Gasteiger partial charge in [-0.3, -0.25) is 0 Å². The molecule has 0 aromatic rings. The van der Waals surface area contributed by atoms with E-state index in [9.17, 15) is 20.4 Å². The zero-order valence-electron chi connectivity index (χ0n) is 13.0. The summed E-state index contributed by atoms with van der Waals surface area (Å²) in [5, 5.41) is 50.9. The number of nitrogens with one attached hydrogen (secondary N) is 1. The summed E-state index contributed by atoms with van der Waals surface area (Å²) in [7, 11) is 0. The van der Waals surface area contributed by atoms with Crippen molar-refractivity contribution >= 4 is 0 Å². The van der Waals surface area contributed by atoms with Gasteiger partial charge in [0.2, 0.25) is 0 Å². The second-order valence-corrected chi connectivity index (χ2v) is 5.60. The molecule has 1 saturated heterocycles. The van der Waals surface area contributed by atoms with E-state index in [-0.39, 0.29) is 6.61 Å². The van der Waals surface area contributed by atoms with E-state index < -0.39 is 43.4 Å². The van der Waals surface area contributed by atoms with Crippen LogP contribution in [0.2, 0.25) is 0 Å². The standard InChI is InChI=1S/C14H29NO7/c1-2-3-4-5-15-6-9(17)8-21-14-13(20)12(19)11(18)10(7-16)22-14/h9-20H,2-8H2,1H3/t9?,10-,11-,12+,13+,14-/m1/s1. The molecule has 0 amide bonds. The molecule has 0 bridgehead atoms. The predicted octanol–water partition coefficient (Wildman–Crippen LogP) is -2.06. The fraction of sp³-hybridized carbons (Fsp3) is 1.00. The van der Waals surface area contributed by atoms with Crippen molar-refractivity contribution in [3.63, 3.8) is 0 Å². The number of hydrogen-bond acceptors (Lipinski definition) is 8. The third-order valence-electron chi connectivity index (χ3n) is 3.64. The number of aliphatic hydroxyl groups excluding tert-OH is 5. The molecule has 8 nitrogen and oxygen atoms in total. The summed E-state index contributed by atoms with van der Waals surface area (Å²) in [4.78, 5) is 0. The number of aliphatic hydroxyl groups is 5. The first-order valence-electron chi connectivity index (χ1n) is 7.82. The van der Waals surface area contributed by atoms with Gasteiger partial charge in [0, 0.05) is 6.54 Å². The van der Waals surface area contributed by atoms with Crippen LogP contribution in [0.4, 0.5) is 0 Å². The van der Waals surface area contributed by atoms with Gasteiger partial charge in [0.15, 0.2) is 6.29 Å². The molecule has 0 spiro atoms. The highest BCUT2D eigenvalue weighted by molar-refractivity contribution is 4.88. The highest BCUT2D eigenvalue weighted by Gasteiger charge is 2.44. The summed E-state index contributed by atoms with van der Waals surface area (Å²) in [6.07, 6.45) is -4.02. The molecule has 0 aromatic heterocycles. The van der Waals surface area contributed by atoms with Crippen LogP contribution >= 0.6 is 0 Å². The van der Waals surface area contributed by atoms with E-state index in [1.165, 1.54) is 0 Å². The van der Waals surface area contributed by atoms with Crippen molar-refractivity contribution in [1.82, 2.24) is 5.32 Å². The number of hydrogen-bond donors (Lipinski definition) is 6.